The average molecular weight is 286 g/mol. The van der Waals surface area contributed by atoms with Crippen LogP contribution in [0.2, 0.25) is 0 Å². The average Bonchev–Trinajstić information content (AvgIpc) is 3.08. The lowest BCUT2D eigenvalue weighted by Gasteiger charge is -1.98. The molecule has 0 aliphatic rings. The van der Waals surface area contributed by atoms with Gasteiger partial charge in [0.2, 0.25) is 11.7 Å². The van der Waals surface area contributed by atoms with E-state index in [0.717, 1.165) is 5.56 Å². The van der Waals surface area contributed by atoms with Gasteiger partial charge in [0, 0.05) is 24.7 Å². The maximum Gasteiger partial charge on any atom is 0.228 e. The van der Waals surface area contributed by atoms with Crippen molar-refractivity contribution >= 4 is 0 Å². The molecule has 3 aromatic rings. The molecule has 0 atom stereocenters. The Hall–Kier alpha value is -2.50. The first-order chi connectivity index (χ1) is 10.1. The van der Waals surface area contributed by atoms with E-state index in [-0.39, 0.29) is 5.82 Å². The van der Waals surface area contributed by atoms with Gasteiger partial charge in [0.1, 0.15) is 5.82 Å². The highest BCUT2D eigenvalue weighted by atomic mass is 19.1. The highest BCUT2D eigenvalue weighted by molar-refractivity contribution is 5.54. The molecule has 0 amide bonds. The molecule has 3 rings (SSSR count). The Labute approximate surface area is 121 Å². The molecule has 1 aromatic carbocycles. The molecule has 21 heavy (non-hydrogen) atoms. The molecule has 0 unspecified atom stereocenters. The van der Waals surface area contributed by atoms with Crippen molar-refractivity contribution in [2.45, 2.75) is 26.8 Å². The second-order valence-electron chi connectivity index (χ2n) is 5.01. The van der Waals surface area contributed by atoms with Gasteiger partial charge in [-0.2, -0.15) is 10.1 Å². The SMILES string of the molecule is Cc1cnn(CCc2nc(-c3ccc(C)c(F)c3)no2)c1. The van der Waals surface area contributed by atoms with Crippen LogP contribution in [0.5, 0.6) is 0 Å². The fraction of sp³-hybridized carbons (Fsp3) is 0.267. The third kappa shape index (κ3) is 2.99. The molecule has 0 saturated heterocycles. The van der Waals surface area contributed by atoms with Crippen LogP contribution < -0.4 is 0 Å². The van der Waals surface area contributed by atoms with Gasteiger partial charge in [-0.15, -0.1) is 0 Å². The lowest BCUT2D eigenvalue weighted by molar-refractivity contribution is 0.369. The minimum Gasteiger partial charge on any atom is -0.339 e. The van der Waals surface area contributed by atoms with Gasteiger partial charge in [0.05, 0.1) is 6.20 Å². The molecule has 0 aliphatic carbocycles. The van der Waals surface area contributed by atoms with Crippen LogP contribution in [-0.2, 0) is 13.0 Å². The lowest BCUT2D eigenvalue weighted by atomic mass is 10.1. The molecule has 6 heteroatoms. The van der Waals surface area contributed by atoms with Crippen molar-refractivity contribution < 1.29 is 8.91 Å². The highest BCUT2D eigenvalue weighted by Crippen LogP contribution is 2.19. The van der Waals surface area contributed by atoms with E-state index in [2.05, 4.69) is 15.2 Å². The molecule has 2 aromatic heterocycles. The molecular formula is C15H15FN4O. The standard InChI is InChI=1S/C15H15FN4O/c1-10-8-17-20(9-10)6-5-14-18-15(19-21-14)12-4-3-11(2)13(16)7-12/h3-4,7-9H,5-6H2,1-2H3. The number of rotatable bonds is 4. The van der Waals surface area contributed by atoms with Gasteiger partial charge in [-0.05, 0) is 31.0 Å². The topological polar surface area (TPSA) is 56.7 Å². The van der Waals surface area contributed by atoms with Crippen LogP contribution in [0.1, 0.15) is 17.0 Å². The van der Waals surface area contributed by atoms with Gasteiger partial charge >= 0.3 is 0 Å². The largest absolute Gasteiger partial charge is 0.339 e. The first-order valence-electron chi connectivity index (χ1n) is 6.70. The highest BCUT2D eigenvalue weighted by Gasteiger charge is 2.10. The van der Waals surface area contributed by atoms with Crippen molar-refractivity contribution in [3.63, 3.8) is 0 Å². The molecule has 0 fully saturated rings. The van der Waals surface area contributed by atoms with Crippen LogP contribution in [0.3, 0.4) is 0 Å². The summed E-state index contributed by atoms with van der Waals surface area (Å²) >= 11 is 0. The van der Waals surface area contributed by atoms with E-state index in [1.54, 1.807) is 25.3 Å². The molecule has 0 bridgehead atoms. The van der Waals surface area contributed by atoms with E-state index in [9.17, 15) is 4.39 Å². The van der Waals surface area contributed by atoms with Crippen LogP contribution in [0, 0.1) is 19.7 Å². The summed E-state index contributed by atoms with van der Waals surface area (Å²) in [6, 6.07) is 4.90. The lowest BCUT2D eigenvalue weighted by Crippen LogP contribution is -2.01. The monoisotopic (exact) mass is 286 g/mol. The minimum absolute atomic E-state index is 0.272. The van der Waals surface area contributed by atoms with Crippen molar-refractivity contribution in [2.75, 3.05) is 0 Å². The van der Waals surface area contributed by atoms with Crippen molar-refractivity contribution in [3.05, 3.63) is 53.4 Å². The molecule has 0 radical (unpaired) electrons. The zero-order valence-electron chi connectivity index (χ0n) is 11.9. The molecule has 0 saturated carbocycles. The number of aromatic nitrogens is 4. The Kier molecular flexibility index (Phi) is 3.51. The first kappa shape index (κ1) is 13.5. The number of hydrogen-bond acceptors (Lipinski definition) is 4. The zero-order chi connectivity index (χ0) is 14.8. The quantitative estimate of drug-likeness (QED) is 0.740. The van der Waals surface area contributed by atoms with Crippen molar-refractivity contribution in [3.8, 4) is 11.4 Å². The van der Waals surface area contributed by atoms with Gasteiger partial charge in [0.25, 0.3) is 0 Å². The Morgan fingerprint density at radius 2 is 2.14 bits per heavy atom. The zero-order valence-corrected chi connectivity index (χ0v) is 11.9. The fourth-order valence-electron chi connectivity index (χ4n) is 2.01. The predicted octanol–water partition coefficient (Wildman–Crippen LogP) is 2.93. The summed E-state index contributed by atoms with van der Waals surface area (Å²) in [5, 5.41) is 8.09. The summed E-state index contributed by atoms with van der Waals surface area (Å²) in [6.07, 6.45) is 4.34. The second kappa shape index (κ2) is 5.47. The Morgan fingerprint density at radius 3 is 2.86 bits per heavy atom. The van der Waals surface area contributed by atoms with Crippen LogP contribution in [0.25, 0.3) is 11.4 Å². The van der Waals surface area contributed by atoms with E-state index in [4.69, 9.17) is 4.52 Å². The summed E-state index contributed by atoms with van der Waals surface area (Å²) < 4.78 is 20.6. The van der Waals surface area contributed by atoms with Crippen LogP contribution >= 0.6 is 0 Å². The van der Waals surface area contributed by atoms with Gasteiger partial charge in [-0.25, -0.2) is 4.39 Å². The number of aryl methyl sites for hydroxylation is 4. The Balaban J connectivity index is 1.72. The van der Waals surface area contributed by atoms with E-state index in [1.807, 2.05) is 17.8 Å². The predicted molar refractivity (Wildman–Crippen MR) is 75.1 cm³/mol. The summed E-state index contributed by atoms with van der Waals surface area (Å²) in [4.78, 5) is 4.29. The molecule has 2 heterocycles. The smallest absolute Gasteiger partial charge is 0.228 e. The van der Waals surface area contributed by atoms with E-state index < -0.39 is 0 Å². The van der Waals surface area contributed by atoms with Crippen molar-refractivity contribution in [1.82, 2.24) is 19.9 Å². The number of nitrogens with zero attached hydrogens (tertiary/aromatic N) is 4. The molecule has 5 nitrogen and oxygen atoms in total. The van der Waals surface area contributed by atoms with E-state index in [1.165, 1.54) is 6.07 Å². The molecule has 0 aliphatic heterocycles. The number of halogens is 1. The maximum absolute atomic E-state index is 13.5. The molecular weight excluding hydrogens is 271 g/mol. The Morgan fingerprint density at radius 1 is 1.29 bits per heavy atom. The summed E-state index contributed by atoms with van der Waals surface area (Å²) in [6.45, 7) is 4.37. The van der Waals surface area contributed by atoms with Gasteiger partial charge < -0.3 is 4.52 Å². The molecule has 108 valence electrons. The Bertz CT molecular complexity index is 763. The summed E-state index contributed by atoms with van der Waals surface area (Å²) in [7, 11) is 0. The number of benzene rings is 1. The van der Waals surface area contributed by atoms with E-state index >= 15 is 0 Å². The van der Waals surface area contributed by atoms with Crippen LogP contribution in [0.4, 0.5) is 4.39 Å². The van der Waals surface area contributed by atoms with Gasteiger partial charge in [0.15, 0.2) is 0 Å². The van der Waals surface area contributed by atoms with Crippen molar-refractivity contribution in [1.29, 1.82) is 0 Å². The fourth-order valence-corrected chi connectivity index (χ4v) is 2.01. The number of hydrogen-bond donors (Lipinski definition) is 0. The maximum atomic E-state index is 13.5. The third-order valence-electron chi connectivity index (χ3n) is 3.22. The first-order valence-corrected chi connectivity index (χ1v) is 6.70. The van der Waals surface area contributed by atoms with E-state index in [0.29, 0.717) is 35.8 Å². The second-order valence-corrected chi connectivity index (χ2v) is 5.01. The summed E-state index contributed by atoms with van der Waals surface area (Å²) in [5.74, 6) is 0.644. The van der Waals surface area contributed by atoms with Crippen molar-refractivity contribution in [2.24, 2.45) is 0 Å². The van der Waals surface area contributed by atoms with Crippen LogP contribution in [0.15, 0.2) is 35.1 Å². The normalized spacial score (nSPS) is 11.0. The molecule has 0 N–H and O–H groups in total. The van der Waals surface area contributed by atoms with Crippen LogP contribution in [-0.4, -0.2) is 19.9 Å². The minimum atomic E-state index is -0.272. The van der Waals surface area contributed by atoms with Gasteiger partial charge in [-0.1, -0.05) is 17.3 Å². The third-order valence-corrected chi connectivity index (χ3v) is 3.22. The molecule has 0 spiro atoms. The van der Waals surface area contributed by atoms with Gasteiger partial charge in [-0.3, -0.25) is 4.68 Å². The summed E-state index contributed by atoms with van der Waals surface area (Å²) in [5.41, 5.74) is 2.32.